The number of carboxylic acids is 4. The monoisotopic (exact) mass is 1120 g/mol. The van der Waals surface area contributed by atoms with Gasteiger partial charge in [0.2, 0.25) is 0 Å². The van der Waals surface area contributed by atoms with Crippen LogP contribution >= 0.6 is 0 Å². The molecular weight excluding hydrogens is 1010 g/mol. The molecule has 0 atom stereocenters. The third-order valence-corrected chi connectivity index (χ3v) is 15.4. The van der Waals surface area contributed by atoms with Crippen LogP contribution in [0.2, 0.25) is 0 Å². The maximum atomic E-state index is 12.7. The fraction of sp³-hybridized carbons (Fsp3) is 0.875. The molecule has 448 valence electrons. The molecular formula is C64H116O12Ti. The van der Waals surface area contributed by atoms with Crippen LogP contribution in [0.4, 0.5) is 0 Å². The molecule has 0 aliphatic heterocycles. The Morgan fingerprint density at radius 3 is 0.403 bits per heavy atom. The number of aliphatic carboxylic acids is 4. The predicted octanol–water partition coefficient (Wildman–Crippen LogP) is 12.4. The summed E-state index contributed by atoms with van der Waals surface area (Å²) in [6.45, 7) is 31.7. The molecule has 0 aromatic rings. The molecule has 0 aliphatic carbocycles. The molecule has 0 aromatic heterocycles. The van der Waals surface area contributed by atoms with Gasteiger partial charge in [0.25, 0.3) is 0 Å². The van der Waals surface area contributed by atoms with Crippen molar-refractivity contribution in [3.63, 3.8) is 0 Å². The second kappa shape index (κ2) is 48.0. The van der Waals surface area contributed by atoms with Gasteiger partial charge in [-0.2, -0.15) is 0 Å². The summed E-state index contributed by atoms with van der Waals surface area (Å²) in [6, 6.07) is 0. The fourth-order valence-electron chi connectivity index (χ4n) is 12.1. The first-order chi connectivity index (χ1) is 36.0. The van der Waals surface area contributed by atoms with Crippen molar-refractivity contribution in [2.45, 2.75) is 316 Å². The van der Waals surface area contributed by atoms with E-state index in [2.05, 4.69) is 0 Å². The molecule has 0 bridgehead atoms. The number of hydrogen-bond donors (Lipinski definition) is 0. The summed E-state index contributed by atoms with van der Waals surface area (Å²) in [7, 11) is 0. The zero-order valence-electron chi connectivity index (χ0n) is 52.3. The summed E-state index contributed by atoms with van der Waals surface area (Å²) < 4.78 is 0. The van der Waals surface area contributed by atoms with Gasteiger partial charge in [-0.15, -0.1) is 0 Å². The Morgan fingerprint density at radius 2 is 0.338 bits per heavy atom. The molecule has 12 nitrogen and oxygen atoms in total. The first-order valence-electron chi connectivity index (χ1n) is 31.0. The van der Waals surface area contributed by atoms with E-state index in [1.165, 1.54) is 0 Å². The molecule has 13 heteroatoms. The molecule has 0 fully saturated rings. The van der Waals surface area contributed by atoms with E-state index in [0.717, 1.165) is 103 Å². The predicted molar refractivity (Wildman–Crippen MR) is 302 cm³/mol. The quantitative estimate of drug-likeness (QED) is 0.0410. The summed E-state index contributed by atoms with van der Waals surface area (Å²) >= 11 is 0. The van der Waals surface area contributed by atoms with Gasteiger partial charge in [-0.05, 0) is 103 Å². The van der Waals surface area contributed by atoms with Crippen LogP contribution in [0.15, 0.2) is 0 Å². The van der Waals surface area contributed by atoms with Crippen molar-refractivity contribution in [3.05, 3.63) is 0 Å². The van der Waals surface area contributed by atoms with Gasteiger partial charge in [0.1, 0.15) is 23.1 Å². The van der Waals surface area contributed by atoms with Crippen molar-refractivity contribution < 1.29 is 80.5 Å². The van der Waals surface area contributed by atoms with Crippen molar-refractivity contribution in [1.29, 1.82) is 0 Å². The fourth-order valence-corrected chi connectivity index (χ4v) is 12.1. The normalized spacial score (nSPS) is 11.7. The minimum atomic E-state index is -1.25. The van der Waals surface area contributed by atoms with Crippen molar-refractivity contribution in [1.82, 2.24) is 0 Å². The van der Waals surface area contributed by atoms with Crippen molar-refractivity contribution >= 4 is 47.0 Å². The summed E-state index contributed by atoms with van der Waals surface area (Å²) in [5.74, 6) is -5.48. The zero-order valence-corrected chi connectivity index (χ0v) is 53.9. The largest absolute Gasteiger partial charge is 4.00 e. The van der Waals surface area contributed by atoms with Crippen LogP contribution < -0.4 is 20.4 Å². The van der Waals surface area contributed by atoms with Gasteiger partial charge in [0, 0.05) is 23.7 Å². The Morgan fingerprint density at radius 1 is 0.234 bits per heavy atom. The molecule has 77 heavy (non-hydrogen) atoms. The van der Waals surface area contributed by atoms with Gasteiger partial charge in [-0.3, -0.25) is 19.2 Å². The molecule has 0 unspecified atom stereocenters. The van der Waals surface area contributed by atoms with E-state index in [4.69, 9.17) is 0 Å². The molecule has 0 heterocycles. The number of carbonyl (C=O) groups is 8. The van der Waals surface area contributed by atoms with Crippen LogP contribution in [-0.2, 0) is 60.1 Å². The van der Waals surface area contributed by atoms with E-state index in [9.17, 15) is 58.8 Å². The number of Topliss-reactive ketones (excluding diaryl/α,β-unsaturated/α-hetero) is 4. The maximum absolute atomic E-state index is 12.7. The second-order valence-electron chi connectivity index (χ2n) is 22.0. The van der Waals surface area contributed by atoms with Gasteiger partial charge in [0.05, 0.1) is 45.5 Å². The third kappa shape index (κ3) is 27.1. The van der Waals surface area contributed by atoms with Gasteiger partial charge in [0.15, 0.2) is 0 Å². The average molecular weight is 1130 g/mol. The minimum absolute atomic E-state index is 0. The molecule has 0 spiro atoms. The Balaban J connectivity index is -0.000000298. The van der Waals surface area contributed by atoms with Gasteiger partial charge in [-0.1, -0.05) is 214 Å². The molecule has 0 saturated heterocycles. The average Bonchev–Trinajstić information content (AvgIpc) is 3.37. The Hall–Kier alpha value is -2.73. The smallest absolute Gasteiger partial charge is 0.549 e. The van der Waals surface area contributed by atoms with Crippen molar-refractivity contribution in [2.75, 3.05) is 0 Å². The van der Waals surface area contributed by atoms with Crippen molar-refractivity contribution in [2.24, 2.45) is 45.3 Å². The summed E-state index contributed by atoms with van der Waals surface area (Å²) in [5.41, 5.74) is -5.01. The molecule has 0 radical (unpaired) electrons. The zero-order chi connectivity index (χ0) is 59.6. The summed E-state index contributed by atoms with van der Waals surface area (Å²) in [4.78, 5) is 97.5. The maximum Gasteiger partial charge on any atom is 4.00 e. The molecule has 0 rings (SSSR count). The summed E-state index contributed by atoms with van der Waals surface area (Å²) in [6.07, 6.45) is 22.5. The summed E-state index contributed by atoms with van der Waals surface area (Å²) in [5, 5.41) is 46.5. The van der Waals surface area contributed by atoms with Gasteiger partial charge in [-0.25, -0.2) is 0 Å². The second-order valence-corrected chi connectivity index (χ2v) is 22.0. The van der Waals surface area contributed by atoms with E-state index < -0.39 is 45.5 Å². The number of carbonyl (C=O) groups excluding carboxylic acids is 8. The Bertz CT molecular complexity index is 1330. The van der Waals surface area contributed by atoms with Crippen molar-refractivity contribution in [3.8, 4) is 0 Å². The molecule has 0 saturated carbocycles. The number of carboxylic acid groups (broad SMARTS) is 4. The molecule has 0 N–H and O–H groups in total. The van der Waals surface area contributed by atoms with E-state index in [0.29, 0.717) is 103 Å². The Kier molecular flexibility index (Phi) is 51.8. The van der Waals surface area contributed by atoms with E-state index in [1.54, 1.807) is 0 Å². The first-order valence-corrected chi connectivity index (χ1v) is 31.0. The molecule has 0 amide bonds. The molecule has 0 aliphatic rings. The van der Waals surface area contributed by atoms with Gasteiger partial charge >= 0.3 is 21.7 Å². The standard InChI is InChI=1S/4C16H30O3.Ti/c4*1-5-9-13(10-6-2)14(17)16(11-7-3,12-8-4)15(18)19;/h4*13H,5-12H2,1-4H3,(H,18,19);/q;;;;+4/p-4. The first kappa shape index (κ1) is 83.1. The van der Waals surface area contributed by atoms with Crippen LogP contribution in [0.25, 0.3) is 0 Å². The van der Waals surface area contributed by atoms with Crippen LogP contribution in [0, 0.1) is 45.3 Å². The minimum Gasteiger partial charge on any atom is -0.549 e. The third-order valence-electron chi connectivity index (χ3n) is 15.4. The van der Waals surface area contributed by atoms with Gasteiger partial charge < -0.3 is 39.6 Å². The van der Waals surface area contributed by atoms with Crippen LogP contribution in [0.5, 0.6) is 0 Å². The SMILES string of the molecule is CCCC(CCC)C(=O)C(CCC)(CCC)C(=O)[O-].CCCC(CCC)C(=O)C(CCC)(CCC)C(=O)[O-].CCCC(CCC)C(=O)C(CCC)(CCC)C(=O)[O-].CCCC(CCC)C(=O)C(CCC)(CCC)C(=O)[O-].[Ti+4]. The van der Waals surface area contributed by atoms with E-state index in [1.807, 2.05) is 111 Å². The van der Waals surface area contributed by atoms with Crippen LogP contribution in [0.3, 0.4) is 0 Å². The van der Waals surface area contributed by atoms with Crippen LogP contribution in [-0.4, -0.2) is 47.0 Å². The van der Waals surface area contributed by atoms with E-state index in [-0.39, 0.29) is 68.5 Å². The topological polar surface area (TPSA) is 229 Å². The Labute approximate surface area is 486 Å². The number of rotatable bonds is 44. The molecule has 0 aromatic carbocycles. The number of hydrogen-bond acceptors (Lipinski definition) is 12. The van der Waals surface area contributed by atoms with E-state index >= 15 is 0 Å². The number of ketones is 4. The van der Waals surface area contributed by atoms with Crippen LogP contribution in [0.1, 0.15) is 316 Å².